The van der Waals surface area contributed by atoms with E-state index in [-0.39, 0.29) is 23.6 Å². The maximum atomic E-state index is 12.5. The molecule has 1 unspecified atom stereocenters. The highest BCUT2D eigenvalue weighted by Crippen LogP contribution is 2.24. The largest absolute Gasteiger partial charge is 0.573 e. The summed E-state index contributed by atoms with van der Waals surface area (Å²) in [5.41, 5.74) is -1.20. The third-order valence-electron chi connectivity index (χ3n) is 3.57. The predicted octanol–water partition coefficient (Wildman–Crippen LogP) is 1.93. The van der Waals surface area contributed by atoms with Gasteiger partial charge in [-0.2, -0.15) is 0 Å². The summed E-state index contributed by atoms with van der Waals surface area (Å²) >= 11 is 0. The molecule has 0 bridgehead atoms. The Labute approximate surface area is 133 Å². The first kappa shape index (κ1) is 16.3. The summed E-state index contributed by atoms with van der Waals surface area (Å²) in [6.45, 7) is 0.396. The fourth-order valence-electron chi connectivity index (χ4n) is 2.50. The predicted molar refractivity (Wildman–Crippen MR) is 79.0 cm³/mol. The molecule has 1 aliphatic rings. The molecule has 0 fully saturated rings. The summed E-state index contributed by atoms with van der Waals surface area (Å²) in [7, 11) is 0. The molecule has 24 heavy (non-hydrogen) atoms. The monoisotopic (exact) mass is 342 g/mol. The van der Waals surface area contributed by atoms with Crippen LogP contribution in [0.15, 0.2) is 39.9 Å². The molecule has 128 valence electrons. The van der Waals surface area contributed by atoms with Crippen LogP contribution in [0.4, 0.5) is 13.2 Å². The number of rotatable bonds is 3. The Morgan fingerprint density at radius 1 is 1.29 bits per heavy atom. The summed E-state index contributed by atoms with van der Waals surface area (Å²) in [5.74, 6) is -0.525. The molecule has 0 radical (unpaired) electrons. The number of halogens is 3. The van der Waals surface area contributed by atoms with Crippen LogP contribution >= 0.6 is 0 Å². The highest BCUT2D eigenvalue weighted by atomic mass is 19.4. The van der Waals surface area contributed by atoms with Gasteiger partial charge in [-0.25, -0.2) is 4.79 Å². The van der Waals surface area contributed by atoms with E-state index in [9.17, 15) is 22.8 Å². The van der Waals surface area contributed by atoms with Crippen molar-refractivity contribution in [1.29, 1.82) is 0 Å². The molecule has 0 aliphatic carbocycles. The zero-order chi connectivity index (χ0) is 17.3. The van der Waals surface area contributed by atoms with E-state index in [4.69, 9.17) is 4.74 Å². The number of hydrogen-bond donors (Lipinski definition) is 1. The molecule has 1 aromatic carbocycles. The number of aromatic nitrogens is 2. The van der Waals surface area contributed by atoms with Gasteiger partial charge < -0.3 is 14.5 Å². The lowest BCUT2D eigenvalue weighted by atomic mass is 10.2. The quantitative estimate of drug-likeness (QED) is 0.865. The van der Waals surface area contributed by atoms with Crippen LogP contribution in [0, 0.1) is 0 Å². The summed E-state index contributed by atoms with van der Waals surface area (Å²) in [6, 6.07) is 3.19. The fourth-order valence-corrected chi connectivity index (χ4v) is 2.50. The lowest BCUT2D eigenvalue weighted by Gasteiger charge is -2.19. The molecule has 3 rings (SSSR count). The van der Waals surface area contributed by atoms with Crippen molar-refractivity contribution in [3.05, 3.63) is 51.2 Å². The maximum absolute atomic E-state index is 12.5. The topological polar surface area (TPSA) is 73.3 Å². The molecule has 0 saturated carbocycles. The molecule has 6 nitrogen and oxygen atoms in total. The highest BCUT2D eigenvalue weighted by molar-refractivity contribution is 5.78. The van der Waals surface area contributed by atoms with Gasteiger partial charge in [-0.05, 0) is 24.6 Å². The number of H-pyrrole nitrogens is 1. The SMILES string of the molecule is O=c1[nH]c2ccc(OC(F)(F)F)cc2c(=O)n1CC1CC=CCO1. The van der Waals surface area contributed by atoms with Crippen molar-refractivity contribution < 1.29 is 22.6 Å². The minimum absolute atomic E-state index is 0.0127. The Hall–Kier alpha value is -2.55. The second kappa shape index (κ2) is 6.16. The number of hydrogen-bond acceptors (Lipinski definition) is 4. The Kier molecular flexibility index (Phi) is 4.18. The van der Waals surface area contributed by atoms with Gasteiger partial charge in [-0.3, -0.25) is 9.36 Å². The second-order valence-corrected chi connectivity index (χ2v) is 5.26. The van der Waals surface area contributed by atoms with Gasteiger partial charge in [0, 0.05) is 0 Å². The summed E-state index contributed by atoms with van der Waals surface area (Å²) in [4.78, 5) is 27.0. The lowest BCUT2D eigenvalue weighted by Crippen LogP contribution is -2.39. The minimum Gasteiger partial charge on any atom is -0.406 e. The van der Waals surface area contributed by atoms with Crippen LogP contribution in [0.1, 0.15) is 6.42 Å². The van der Waals surface area contributed by atoms with Gasteiger partial charge in [0.05, 0.1) is 30.2 Å². The molecule has 0 spiro atoms. The first-order chi connectivity index (χ1) is 11.3. The number of nitrogens with zero attached hydrogens (tertiary/aromatic N) is 1. The Balaban J connectivity index is 2.01. The molecule has 0 amide bonds. The molecule has 9 heteroatoms. The van der Waals surface area contributed by atoms with E-state index in [0.29, 0.717) is 13.0 Å². The maximum Gasteiger partial charge on any atom is 0.573 e. The molecule has 1 N–H and O–H groups in total. The van der Waals surface area contributed by atoms with E-state index in [2.05, 4.69) is 9.72 Å². The number of benzene rings is 1. The summed E-state index contributed by atoms with van der Waals surface area (Å²) in [6.07, 6.45) is -0.965. The average molecular weight is 342 g/mol. The van der Waals surface area contributed by atoms with Crippen molar-refractivity contribution in [3.63, 3.8) is 0 Å². The van der Waals surface area contributed by atoms with Crippen molar-refractivity contribution in [2.45, 2.75) is 25.4 Å². The van der Waals surface area contributed by atoms with E-state index in [1.165, 1.54) is 6.07 Å². The van der Waals surface area contributed by atoms with E-state index < -0.39 is 23.4 Å². The molecule has 1 aromatic heterocycles. The smallest absolute Gasteiger partial charge is 0.406 e. The van der Waals surface area contributed by atoms with Crippen LogP contribution in [0.2, 0.25) is 0 Å². The average Bonchev–Trinajstić information content (AvgIpc) is 2.52. The van der Waals surface area contributed by atoms with Crippen molar-refractivity contribution in [1.82, 2.24) is 9.55 Å². The normalized spacial score (nSPS) is 18.0. The van der Waals surface area contributed by atoms with Crippen molar-refractivity contribution in [3.8, 4) is 5.75 Å². The molecular weight excluding hydrogens is 329 g/mol. The Morgan fingerprint density at radius 2 is 2.08 bits per heavy atom. The Morgan fingerprint density at radius 3 is 2.75 bits per heavy atom. The van der Waals surface area contributed by atoms with Gasteiger partial charge in [0.15, 0.2) is 0 Å². The molecule has 0 saturated heterocycles. The van der Waals surface area contributed by atoms with Crippen LogP contribution in [-0.2, 0) is 11.3 Å². The van der Waals surface area contributed by atoms with Crippen LogP contribution in [0.25, 0.3) is 10.9 Å². The van der Waals surface area contributed by atoms with Crippen LogP contribution < -0.4 is 16.0 Å². The van der Waals surface area contributed by atoms with Gasteiger partial charge in [-0.15, -0.1) is 13.2 Å². The summed E-state index contributed by atoms with van der Waals surface area (Å²) in [5, 5.41) is -0.0669. The molecule has 1 aliphatic heterocycles. The lowest BCUT2D eigenvalue weighted by molar-refractivity contribution is -0.274. The van der Waals surface area contributed by atoms with Gasteiger partial charge >= 0.3 is 12.1 Å². The highest BCUT2D eigenvalue weighted by Gasteiger charge is 2.31. The van der Waals surface area contributed by atoms with E-state index in [0.717, 1.165) is 16.7 Å². The number of ether oxygens (including phenoxy) is 2. The Bertz CT molecular complexity index is 898. The zero-order valence-corrected chi connectivity index (χ0v) is 12.3. The van der Waals surface area contributed by atoms with E-state index >= 15 is 0 Å². The summed E-state index contributed by atoms with van der Waals surface area (Å²) < 4.78 is 47.1. The molecular formula is C15H13F3N2O4. The number of fused-ring (bicyclic) bond motifs is 1. The third-order valence-corrected chi connectivity index (χ3v) is 3.57. The first-order valence-corrected chi connectivity index (χ1v) is 7.13. The standard InChI is InChI=1S/C15H13F3N2O4/c16-15(17,18)24-9-4-5-12-11(7-9)13(21)20(14(22)19-12)8-10-3-1-2-6-23-10/h1-2,4-5,7,10H,3,6,8H2,(H,19,22). The molecule has 1 atom stereocenters. The first-order valence-electron chi connectivity index (χ1n) is 7.13. The van der Waals surface area contributed by atoms with Crippen molar-refractivity contribution >= 4 is 10.9 Å². The third kappa shape index (κ3) is 3.51. The molecule has 2 aromatic rings. The van der Waals surface area contributed by atoms with Gasteiger partial charge in [-0.1, -0.05) is 12.2 Å². The zero-order valence-electron chi connectivity index (χ0n) is 12.3. The number of aromatic amines is 1. The van der Waals surface area contributed by atoms with E-state index in [1.54, 1.807) is 0 Å². The second-order valence-electron chi connectivity index (χ2n) is 5.26. The van der Waals surface area contributed by atoms with Gasteiger partial charge in [0.1, 0.15) is 5.75 Å². The minimum atomic E-state index is -4.86. The number of nitrogens with one attached hydrogen (secondary N) is 1. The molecule has 2 heterocycles. The fraction of sp³-hybridized carbons (Fsp3) is 0.333. The van der Waals surface area contributed by atoms with Gasteiger partial charge in [0.25, 0.3) is 5.56 Å². The van der Waals surface area contributed by atoms with Crippen LogP contribution in [0.3, 0.4) is 0 Å². The number of alkyl halides is 3. The van der Waals surface area contributed by atoms with Crippen molar-refractivity contribution in [2.24, 2.45) is 0 Å². The van der Waals surface area contributed by atoms with Crippen LogP contribution in [0.5, 0.6) is 5.75 Å². The van der Waals surface area contributed by atoms with Crippen LogP contribution in [-0.4, -0.2) is 28.6 Å². The van der Waals surface area contributed by atoms with Crippen molar-refractivity contribution in [2.75, 3.05) is 6.61 Å². The van der Waals surface area contributed by atoms with Gasteiger partial charge in [0.2, 0.25) is 0 Å². The van der Waals surface area contributed by atoms with E-state index in [1.807, 2.05) is 12.2 Å².